The summed E-state index contributed by atoms with van der Waals surface area (Å²) in [4.78, 5) is 13.8. The number of aromatic amines is 1. The van der Waals surface area contributed by atoms with Crippen LogP contribution in [0.3, 0.4) is 0 Å². The molecule has 2 aromatic rings. The summed E-state index contributed by atoms with van der Waals surface area (Å²) in [6.07, 6.45) is 0. The van der Waals surface area contributed by atoms with Gasteiger partial charge in [-0.15, -0.1) is 0 Å². The fourth-order valence-electron chi connectivity index (χ4n) is 1.56. The third kappa shape index (κ3) is 1.91. The number of aryl methyl sites for hydroxylation is 1. The van der Waals surface area contributed by atoms with Gasteiger partial charge in [0.2, 0.25) is 5.56 Å². The highest BCUT2D eigenvalue weighted by Gasteiger charge is 2.02. The predicted octanol–water partition coefficient (Wildman–Crippen LogP) is 2.06. The number of phenols is 1. The number of phenolic OH excluding ortho intramolecular Hbond substituents is 1. The second-order valence-corrected chi connectivity index (χ2v) is 3.41. The van der Waals surface area contributed by atoms with E-state index in [-0.39, 0.29) is 11.3 Å². The summed E-state index contributed by atoms with van der Waals surface area (Å²) in [5.74, 6) is 0.220. The minimum absolute atomic E-state index is 0.114. The summed E-state index contributed by atoms with van der Waals surface area (Å²) in [6.45, 7) is 1.83. The fraction of sp³-hybridized carbons (Fsp3) is 0.0833. The predicted molar refractivity (Wildman–Crippen MR) is 58.9 cm³/mol. The minimum atomic E-state index is -0.114. The van der Waals surface area contributed by atoms with E-state index in [0.717, 1.165) is 16.8 Å². The van der Waals surface area contributed by atoms with E-state index in [1.807, 2.05) is 13.0 Å². The lowest BCUT2D eigenvalue weighted by Gasteiger charge is -2.05. The number of aromatic hydroxyl groups is 1. The molecule has 15 heavy (non-hydrogen) atoms. The molecule has 0 fully saturated rings. The monoisotopic (exact) mass is 201 g/mol. The first-order valence-corrected chi connectivity index (χ1v) is 4.66. The standard InChI is InChI=1S/C12H11NO2/c1-8-11(5-6-12(15)13-8)9-3-2-4-10(14)7-9/h2-7,14H,1H3,(H,13,15). The number of hydrogen-bond acceptors (Lipinski definition) is 2. The second kappa shape index (κ2) is 3.61. The van der Waals surface area contributed by atoms with Gasteiger partial charge >= 0.3 is 0 Å². The van der Waals surface area contributed by atoms with E-state index in [9.17, 15) is 9.90 Å². The van der Waals surface area contributed by atoms with Gasteiger partial charge in [0.15, 0.2) is 0 Å². The van der Waals surface area contributed by atoms with Crippen LogP contribution in [0.4, 0.5) is 0 Å². The average molecular weight is 201 g/mol. The molecule has 0 aliphatic carbocycles. The lowest BCUT2D eigenvalue weighted by atomic mass is 10.0. The molecule has 76 valence electrons. The minimum Gasteiger partial charge on any atom is -0.508 e. The van der Waals surface area contributed by atoms with Crippen molar-refractivity contribution in [2.45, 2.75) is 6.92 Å². The van der Waals surface area contributed by atoms with Crippen LogP contribution in [0, 0.1) is 6.92 Å². The molecule has 0 amide bonds. The van der Waals surface area contributed by atoms with Crippen molar-refractivity contribution < 1.29 is 5.11 Å². The van der Waals surface area contributed by atoms with Gasteiger partial charge in [0.1, 0.15) is 5.75 Å². The Morgan fingerprint density at radius 2 is 2.00 bits per heavy atom. The molecular weight excluding hydrogens is 190 g/mol. The molecule has 2 N–H and O–H groups in total. The van der Waals surface area contributed by atoms with Crippen molar-refractivity contribution in [3.8, 4) is 16.9 Å². The Kier molecular flexibility index (Phi) is 2.29. The Labute approximate surface area is 87.0 Å². The molecule has 0 saturated heterocycles. The largest absolute Gasteiger partial charge is 0.508 e. The SMILES string of the molecule is Cc1[nH]c(=O)ccc1-c1cccc(O)c1. The highest BCUT2D eigenvalue weighted by Crippen LogP contribution is 2.23. The van der Waals surface area contributed by atoms with Crippen molar-refractivity contribution in [3.63, 3.8) is 0 Å². The Bertz CT molecular complexity index is 543. The lowest BCUT2D eigenvalue weighted by Crippen LogP contribution is -2.05. The van der Waals surface area contributed by atoms with Gasteiger partial charge < -0.3 is 10.1 Å². The first-order valence-electron chi connectivity index (χ1n) is 4.66. The highest BCUT2D eigenvalue weighted by atomic mass is 16.3. The highest BCUT2D eigenvalue weighted by molar-refractivity contribution is 5.66. The van der Waals surface area contributed by atoms with Gasteiger partial charge in [-0.2, -0.15) is 0 Å². The van der Waals surface area contributed by atoms with E-state index in [1.54, 1.807) is 24.3 Å². The van der Waals surface area contributed by atoms with E-state index in [0.29, 0.717) is 0 Å². The first kappa shape index (κ1) is 9.52. The van der Waals surface area contributed by atoms with Crippen LogP contribution in [-0.4, -0.2) is 10.1 Å². The van der Waals surface area contributed by atoms with Gasteiger partial charge in [0.05, 0.1) is 0 Å². The van der Waals surface area contributed by atoms with Crippen molar-refractivity contribution in [2.24, 2.45) is 0 Å². The van der Waals surface area contributed by atoms with E-state index in [1.165, 1.54) is 6.07 Å². The quantitative estimate of drug-likeness (QED) is 0.742. The Morgan fingerprint density at radius 1 is 1.20 bits per heavy atom. The summed E-state index contributed by atoms with van der Waals surface area (Å²) in [7, 11) is 0. The number of hydrogen-bond donors (Lipinski definition) is 2. The smallest absolute Gasteiger partial charge is 0.248 e. The van der Waals surface area contributed by atoms with Gasteiger partial charge in [-0.3, -0.25) is 4.79 Å². The fourth-order valence-corrected chi connectivity index (χ4v) is 1.56. The maximum Gasteiger partial charge on any atom is 0.248 e. The molecule has 2 rings (SSSR count). The number of rotatable bonds is 1. The van der Waals surface area contributed by atoms with Gasteiger partial charge in [0.25, 0.3) is 0 Å². The molecule has 1 heterocycles. The molecule has 0 spiro atoms. The second-order valence-electron chi connectivity index (χ2n) is 3.41. The summed E-state index contributed by atoms with van der Waals surface area (Å²) in [6, 6.07) is 10.2. The third-order valence-corrected chi connectivity index (χ3v) is 2.27. The molecule has 1 aromatic carbocycles. The average Bonchev–Trinajstić information content (AvgIpc) is 2.17. The summed E-state index contributed by atoms with van der Waals surface area (Å²) in [5.41, 5.74) is 2.50. The zero-order valence-electron chi connectivity index (χ0n) is 8.32. The van der Waals surface area contributed by atoms with Crippen LogP contribution in [0.5, 0.6) is 5.75 Å². The number of nitrogens with one attached hydrogen (secondary N) is 1. The van der Waals surface area contributed by atoms with Crippen LogP contribution in [0.2, 0.25) is 0 Å². The number of benzene rings is 1. The maximum atomic E-state index is 11.0. The van der Waals surface area contributed by atoms with Crippen LogP contribution >= 0.6 is 0 Å². The third-order valence-electron chi connectivity index (χ3n) is 2.27. The van der Waals surface area contributed by atoms with Crippen molar-refractivity contribution in [1.82, 2.24) is 4.98 Å². The molecule has 1 aromatic heterocycles. The van der Waals surface area contributed by atoms with Gasteiger partial charge in [-0.1, -0.05) is 12.1 Å². The van der Waals surface area contributed by atoms with Crippen LogP contribution in [0.15, 0.2) is 41.2 Å². The maximum absolute atomic E-state index is 11.0. The van der Waals surface area contributed by atoms with Gasteiger partial charge in [0, 0.05) is 17.3 Å². The van der Waals surface area contributed by atoms with Crippen molar-refractivity contribution in [1.29, 1.82) is 0 Å². The number of aromatic nitrogens is 1. The molecule has 0 saturated carbocycles. The normalized spacial score (nSPS) is 10.2. The van der Waals surface area contributed by atoms with Gasteiger partial charge in [-0.25, -0.2) is 0 Å². The molecule has 0 aliphatic heterocycles. The summed E-state index contributed by atoms with van der Waals surface area (Å²) in [5, 5.41) is 9.35. The molecule has 0 bridgehead atoms. The molecule has 0 atom stereocenters. The molecule has 0 radical (unpaired) electrons. The van der Waals surface area contributed by atoms with E-state index in [4.69, 9.17) is 0 Å². The van der Waals surface area contributed by atoms with E-state index in [2.05, 4.69) is 4.98 Å². The van der Waals surface area contributed by atoms with Crippen molar-refractivity contribution in [3.05, 3.63) is 52.4 Å². The summed E-state index contributed by atoms with van der Waals surface area (Å²) < 4.78 is 0. The Balaban J connectivity index is 2.59. The molecule has 3 nitrogen and oxygen atoms in total. The molecular formula is C12H11NO2. The van der Waals surface area contributed by atoms with Crippen LogP contribution in [-0.2, 0) is 0 Å². The molecule has 3 heteroatoms. The zero-order chi connectivity index (χ0) is 10.8. The molecule has 0 unspecified atom stereocenters. The topological polar surface area (TPSA) is 53.1 Å². The Hall–Kier alpha value is -2.03. The van der Waals surface area contributed by atoms with Crippen LogP contribution in [0.25, 0.3) is 11.1 Å². The Morgan fingerprint density at radius 3 is 2.67 bits per heavy atom. The van der Waals surface area contributed by atoms with Crippen molar-refractivity contribution >= 4 is 0 Å². The van der Waals surface area contributed by atoms with E-state index >= 15 is 0 Å². The summed E-state index contributed by atoms with van der Waals surface area (Å²) >= 11 is 0. The van der Waals surface area contributed by atoms with Gasteiger partial charge in [-0.05, 0) is 30.7 Å². The molecule has 0 aliphatic rings. The van der Waals surface area contributed by atoms with E-state index < -0.39 is 0 Å². The number of pyridine rings is 1. The first-order chi connectivity index (χ1) is 7.16. The van der Waals surface area contributed by atoms with Crippen LogP contribution in [0.1, 0.15) is 5.69 Å². The van der Waals surface area contributed by atoms with Crippen LogP contribution < -0.4 is 5.56 Å². The van der Waals surface area contributed by atoms with Crippen molar-refractivity contribution in [2.75, 3.05) is 0 Å². The zero-order valence-corrected chi connectivity index (χ0v) is 8.32. The number of H-pyrrole nitrogens is 1. The lowest BCUT2D eigenvalue weighted by molar-refractivity contribution is 0.475.